The number of aliphatic hydroxyl groups is 2. The van der Waals surface area contributed by atoms with Crippen LogP contribution in [0.25, 0.3) is 0 Å². The zero-order chi connectivity index (χ0) is 25.1. The van der Waals surface area contributed by atoms with Gasteiger partial charge in [0.15, 0.2) is 0 Å². The predicted octanol–water partition coefficient (Wildman–Crippen LogP) is 5.84. The number of rotatable bonds is 2. The normalized spacial score (nSPS) is 52.6. The van der Waals surface area contributed by atoms with Crippen LogP contribution < -0.4 is 0 Å². The molecule has 0 aromatic rings. The highest BCUT2D eigenvalue weighted by molar-refractivity contribution is 5.88. The molecule has 4 nitrogen and oxygen atoms in total. The summed E-state index contributed by atoms with van der Waals surface area (Å²) in [5.41, 5.74) is -0.443. The number of aliphatic hydroxyl groups excluding tert-OH is 1. The van der Waals surface area contributed by atoms with Crippen molar-refractivity contribution in [1.82, 2.24) is 0 Å². The number of fused-ring (bicyclic) bond motifs is 5. The van der Waals surface area contributed by atoms with E-state index in [0.29, 0.717) is 24.0 Å². The third-order valence-electron chi connectivity index (χ3n) is 12.5. The summed E-state index contributed by atoms with van der Waals surface area (Å²) in [6.07, 6.45) is 9.27. The lowest BCUT2D eigenvalue weighted by molar-refractivity contribution is -0.190. The van der Waals surface area contributed by atoms with Gasteiger partial charge in [0.25, 0.3) is 0 Å². The summed E-state index contributed by atoms with van der Waals surface area (Å²) in [4.78, 5) is 14.3. The molecule has 1 saturated heterocycles. The van der Waals surface area contributed by atoms with Gasteiger partial charge in [-0.3, -0.25) is 4.79 Å². The van der Waals surface area contributed by atoms with Gasteiger partial charge in [0, 0.05) is 17.3 Å². The van der Waals surface area contributed by atoms with Crippen LogP contribution in [0.5, 0.6) is 0 Å². The number of hydrogen-bond donors (Lipinski definition) is 2. The second-order valence-corrected chi connectivity index (χ2v) is 14.7. The molecule has 4 aliphatic carbocycles. The number of Topliss-reactive ketones (excluding diaryl/α,β-unsaturated/α-hetero) is 1. The quantitative estimate of drug-likeness (QED) is 0.496. The Balaban J connectivity index is 1.53. The van der Waals surface area contributed by atoms with Crippen molar-refractivity contribution in [2.45, 2.75) is 130 Å². The highest BCUT2D eigenvalue weighted by Gasteiger charge is 2.72. The number of allylic oxidation sites excluding steroid dienone is 1. The molecule has 0 amide bonds. The average Bonchev–Trinajstić information content (AvgIpc) is 3.24. The second-order valence-electron chi connectivity index (χ2n) is 14.7. The molecule has 4 heteroatoms. The standard InChI is InChI=1S/C30H48O4/c1-25(2)18-9-11-21-27(5)15-13-20(29(7)16-14-24(34-29)26(3,4)33)28(27,6)17-23(32)30(21,8)19(18)10-12-22(25)31/h9,19-22,24,31,33H,10-17H2,1-8H3/t19-,20?,21+,22+,24+,27+,28-,29+,30+/m1/s1. The van der Waals surface area contributed by atoms with Crippen LogP contribution in [-0.4, -0.2) is 39.4 Å². The maximum atomic E-state index is 14.3. The van der Waals surface area contributed by atoms with E-state index >= 15 is 0 Å². The Morgan fingerprint density at radius 2 is 1.62 bits per heavy atom. The lowest BCUT2D eigenvalue weighted by Crippen LogP contribution is -2.64. The first-order chi connectivity index (χ1) is 15.5. The van der Waals surface area contributed by atoms with Crippen LogP contribution >= 0.6 is 0 Å². The fourth-order valence-electron chi connectivity index (χ4n) is 10.0. The molecule has 3 saturated carbocycles. The summed E-state index contributed by atoms with van der Waals surface area (Å²) in [5.74, 6) is 1.33. The first kappa shape index (κ1) is 25.0. The van der Waals surface area contributed by atoms with Gasteiger partial charge in [0.05, 0.1) is 23.4 Å². The molecular weight excluding hydrogens is 424 g/mol. The van der Waals surface area contributed by atoms with Crippen LogP contribution in [0.15, 0.2) is 11.6 Å². The van der Waals surface area contributed by atoms with Crippen LogP contribution in [0.3, 0.4) is 0 Å². The second kappa shape index (κ2) is 7.19. The Hall–Kier alpha value is -0.710. The molecule has 192 valence electrons. The molecule has 1 aliphatic heterocycles. The molecule has 0 spiro atoms. The van der Waals surface area contributed by atoms with Crippen molar-refractivity contribution < 1.29 is 19.7 Å². The van der Waals surface area contributed by atoms with Gasteiger partial charge in [-0.25, -0.2) is 0 Å². The summed E-state index contributed by atoms with van der Waals surface area (Å²) in [6.45, 7) is 17.5. The summed E-state index contributed by atoms with van der Waals surface area (Å²) in [5, 5.41) is 21.4. The van der Waals surface area contributed by atoms with Crippen molar-refractivity contribution >= 4 is 5.78 Å². The van der Waals surface area contributed by atoms with Crippen LogP contribution in [0.2, 0.25) is 0 Å². The summed E-state index contributed by atoms with van der Waals surface area (Å²) in [6, 6.07) is 0. The van der Waals surface area contributed by atoms with Crippen molar-refractivity contribution in [3.8, 4) is 0 Å². The zero-order valence-electron chi connectivity index (χ0n) is 22.8. The highest BCUT2D eigenvalue weighted by atomic mass is 16.5. The first-order valence-electron chi connectivity index (χ1n) is 13.8. The zero-order valence-corrected chi connectivity index (χ0v) is 22.8. The van der Waals surface area contributed by atoms with Crippen molar-refractivity contribution in [1.29, 1.82) is 0 Å². The van der Waals surface area contributed by atoms with Gasteiger partial charge in [0.1, 0.15) is 5.78 Å². The smallest absolute Gasteiger partial charge is 0.140 e. The van der Waals surface area contributed by atoms with Crippen LogP contribution in [-0.2, 0) is 9.53 Å². The van der Waals surface area contributed by atoms with E-state index < -0.39 is 5.60 Å². The fraction of sp³-hybridized carbons (Fsp3) is 0.900. The monoisotopic (exact) mass is 472 g/mol. The van der Waals surface area contributed by atoms with E-state index in [0.717, 1.165) is 44.9 Å². The molecule has 1 heterocycles. The number of hydrogen-bond acceptors (Lipinski definition) is 4. The topological polar surface area (TPSA) is 66.8 Å². The molecule has 9 atom stereocenters. The third kappa shape index (κ3) is 2.97. The number of carbonyl (C=O) groups excluding carboxylic acids is 1. The summed E-state index contributed by atoms with van der Waals surface area (Å²) < 4.78 is 6.68. The Bertz CT molecular complexity index is 913. The molecule has 5 aliphatic rings. The number of carbonyl (C=O) groups is 1. The maximum Gasteiger partial charge on any atom is 0.140 e. The molecule has 0 bridgehead atoms. The van der Waals surface area contributed by atoms with Gasteiger partial charge in [-0.2, -0.15) is 0 Å². The Morgan fingerprint density at radius 1 is 0.941 bits per heavy atom. The molecule has 2 N–H and O–H groups in total. The maximum absolute atomic E-state index is 14.3. The van der Waals surface area contributed by atoms with Gasteiger partial charge in [0.2, 0.25) is 0 Å². The largest absolute Gasteiger partial charge is 0.392 e. The lowest BCUT2D eigenvalue weighted by Gasteiger charge is -2.65. The third-order valence-corrected chi connectivity index (χ3v) is 12.5. The van der Waals surface area contributed by atoms with Crippen molar-refractivity contribution in [3.63, 3.8) is 0 Å². The predicted molar refractivity (Wildman–Crippen MR) is 134 cm³/mol. The molecule has 1 unspecified atom stereocenters. The van der Waals surface area contributed by atoms with E-state index in [1.807, 2.05) is 13.8 Å². The van der Waals surface area contributed by atoms with Crippen LogP contribution in [0.1, 0.15) is 107 Å². The van der Waals surface area contributed by atoms with Crippen LogP contribution in [0, 0.1) is 39.4 Å². The van der Waals surface area contributed by atoms with Crippen LogP contribution in [0.4, 0.5) is 0 Å². The van der Waals surface area contributed by atoms with Crippen molar-refractivity contribution in [2.75, 3.05) is 0 Å². The Morgan fingerprint density at radius 3 is 2.24 bits per heavy atom. The Labute approximate surface area is 206 Å². The molecule has 5 rings (SSSR count). The molecular formula is C30H48O4. The van der Waals surface area contributed by atoms with E-state index in [-0.39, 0.29) is 45.4 Å². The minimum atomic E-state index is -0.843. The molecule has 0 aromatic heterocycles. The van der Waals surface area contributed by atoms with Crippen molar-refractivity contribution in [2.24, 2.45) is 39.4 Å². The SMILES string of the molecule is CC(C)(O)[C@@H]1CC[C@@](C)(C2CC[C@@]3(C)[C@@H]4CC=C5[C@@H](CC[C@H](O)C5(C)C)[C@]4(C)C(=O)C[C@]23C)O1. The number of ether oxygens (including phenoxy) is 1. The van der Waals surface area contributed by atoms with E-state index in [9.17, 15) is 15.0 Å². The van der Waals surface area contributed by atoms with Gasteiger partial charge in [-0.15, -0.1) is 0 Å². The van der Waals surface area contributed by atoms with E-state index in [1.165, 1.54) is 5.57 Å². The lowest BCUT2D eigenvalue weighted by atomic mass is 9.38. The average molecular weight is 473 g/mol. The van der Waals surface area contributed by atoms with E-state index in [2.05, 4.69) is 47.6 Å². The minimum absolute atomic E-state index is 0.0712. The van der Waals surface area contributed by atoms with Gasteiger partial charge >= 0.3 is 0 Å². The number of ketones is 1. The van der Waals surface area contributed by atoms with Gasteiger partial charge in [-0.1, -0.05) is 46.3 Å². The first-order valence-corrected chi connectivity index (χ1v) is 13.8. The molecule has 0 radical (unpaired) electrons. The minimum Gasteiger partial charge on any atom is -0.392 e. The summed E-state index contributed by atoms with van der Waals surface area (Å²) in [7, 11) is 0. The van der Waals surface area contributed by atoms with Gasteiger partial charge < -0.3 is 14.9 Å². The van der Waals surface area contributed by atoms with E-state index in [4.69, 9.17) is 4.74 Å². The highest BCUT2D eigenvalue weighted by Crippen LogP contribution is 2.75. The summed E-state index contributed by atoms with van der Waals surface area (Å²) >= 11 is 0. The Kier molecular flexibility index (Phi) is 5.28. The van der Waals surface area contributed by atoms with E-state index in [1.54, 1.807) is 0 Å². The fourth-order valence-corrected chi connectivity index (χ4v) is 10.0. The van der Waals surface area contributed by atoms with Crippen molar-refractivity contribution in [3.05, 3.63) is 11.6 Å². The molecule has 34 heavy (non-hydrogen) atoms. The molecule has 0 aromatic carbocycles. The van der Waals surface area contributed by atoms with Gasteiger partial charge in [-0.05, 0) is 94.3 Å². The molecule has 4 fully saturated rings.